The number of carbonyl (C=O) groups is 1. The molecule has 98 valence electrons. The molecule has 2 rings (SSSR count). The van der Waals surface area contributed by atoms with Crippen molar-refractivity contribution >= 4 is 61.9 Å². The van der Waals surface area contributed by atoms with Crippen LogP contribution in [0.4, 0.5) is 5.69 Å². The molecule has 1 heterocycles. The number of likely N-dealkylation sites (N-methyl/N-ethyl adjacent to an activating group) is 1. The van der Waals surface area contributed by atoms with Gasteiger partial charge in [0.05, 0.1) is 9.83 Å². The molecule has 0 atom stereocenters. The number of benzene rings is 1. The average Bonchev–Trinajstić information content (AvgIpc) is 2.56. The maximum Gasteiger partial charge on any atom is 0.271 e. The van der Waals surface area contributed by atoms with Crippen LogP contribution < -0.4 is 0 Å². The average molecular weight is 359 g/mol. The summed E-state index contributed by atoms with van der Waals surface area (Å²) in [5.41, 5.74) is 0.544. The summed E-state index contributed by atoms with van der Waals surface area (Å²) in [6.45, 7) is 0. The standard InChI is InChI=1S/C11H7BrN2O3S2/c1-13-10(15)9(19-11(13)18)4-6-2-7(12)5-8(3-6)14(16)17/h2-5H,1H3/b9-4-. The van der Waals surface area contributed by atoms with Crippen molar-refractivity contribution in [2.24, 2.45) is 0 Å². The molecule has 0 saturated carbocycles. The Morgan fingerprint density at radius 3 is 2.68 bits per heavy atom. The van der Waals surface area contributed by atoms with Gasteiger partial charge in [-0.3, -0.25) is 19.8 Å². The summed E-state index contributed by atoms with van der Waals surface area (Å²) < 4.78 is 1.06. The molecule has 19 heavy (non-hydrogen) atoms. The SMILES string of the molecule is CN1C(=O)/C(=C/c2cc(Br)cc([N+](=O)[O-])c2)SC1=S. The Balaban J connectivity index is 2.41. The normalized spacial score (nSPS) is 17.4. The van der Waals surface area contributed by atoms with E-state index in [9.17, 15) is 14.9 Å². The first kappa shape index (κ1) is 14.2. The molecule has 0 unspecified atom stereocenters. The smallest absolute Gasteiger partial charge is 0.271 e. The Bertz CT molecular complexity index is 630. The molecular weight excluding hydrogens is 352 g/mol. The lowest BCUT2D eigenvalue weighted by Gasteiger charge is -2.03. The summed E-state index contributed by atoms with van der Waals surface area (Å²) in [6.07, 6.45) is 1.60. The predicted molar refractivity (Wildman–Crippen MR) is 81.7 cm³/mol. The van der Waals surface area contributed by atoms with Crippen molar-refractivity contribution in [3.05, 3.63) is 43.3 Å². The van der Waals surface area contributed by atoms with Crippen LogP contribution >= 0.6 is 39.9 Å². The predicted octanol–water partition coefficient (Wildman–Crippen LogP) is 3.19. The summed E-state index contributed by atoms with van der Waals surface area (Å²) in [7, 11) is 1.60. The molecule has 0 aromatic heterocycles. The van der Waals surface area contributed by atoms with E-state index in [-0.39, 0.29) is 11.6 Å². The number of thioether (sulfide) groups is 1. The van der Waals surface area contributed by atoms with Gasteiger partial charge >= 0.3 is 0 Å². The maximum absolute atomic E-state index is 11.8. The second-order valence-electron chi connectivity index (χ2n) is 3.74. The molecule has 8 heteroatoms. The fourth-order valence-electron chi connectivity index (χ4n) is 1.48. The van der Waals surface area contributed by atoms with Crippen LogP contribution in [0, 0.1) is 10.1 Å². The number of hydrogen-bond acceptors (Lipinski definition) is 5. The van der Waals surface area contributed by atoms with Crippen molar-refractivity contribution in [3.63, 3.8) is 0 Å². The van der Waals surface area contributed by atoms with Crippen molar-refractivity contribution in [1.29, 1.82) is 0 Å². The van der Waals surface area contributed by atoms with Crippen molar-refractivity contribution in [1.82, 2.24) is 4.90 Å². The van der Waals surface area contributed by atoms with Crippen LogP contribution in [0.5, 0.6) is 0 Å². The van der Waals surface area contributed by atoms with Crippen molar-refractivity contribution in [2.75, 3.05) is 7.05 Å². The number of rotatable bonds is 2. The molecule has 1 aliphatic heterocycles. The third-order valence-corrected chi connectivity index (χ3v) is 4.34. The van der Waals surface area contributed by atoms with E-state index in [1.54, 1.807) is 19.2 Å². The molecule has 1 aliphatic rings. The zero-order valence-electron chi connectivity index (χ0n) is 9.62. The summed E-state index contributed by atoms with van der Waals surface area (Å²) in [5, 5.41) is 10.8. The molecule has 0 radical (unpaired) electrons. The van der Waals surface area contributed by atoms with E-state index in [0.29, 0.717) is 19.3 Å². The number of hydrogen-bond donors (Lipinski definition) is 0. The van der Waals surface area contributed by atoms with Gasteiger partial charge in [-0.25, -0.2) is 0 Å². The van der Waals surface area contributed by atoms with E-state index < -0.39 is 4.92 Å². The first-order valence-corrected chi connectivity index (χ1v) is 7.07. The van der Waals surface area contributed by atoms with Crippen molar-refractivity contribution in [2.45, 2.75) is 0 Å². The Hall–Kier alpha value is -1.25. The molecule has 1 amide bonds. The van der Waals surface area contributed by atoms with Gasteiger partial charge in [0.15, 0.2) is 0 Å². The molecule has 1 aromatic rings. The fourth-order valence-corrected chi connectivity index (χ4v) is 3.16. The highest BCUT2D eigenvalue weighted by Crippen LogP contribution is 2.32. The Kier molecular flexibility index (Phi) is 4.02. The maximum atomic E-state index is 11.8. The lowest BCUT2D eigenvalue weighted by Crippen LogP contribution is -2.22. The van der Waals surface area contributed by atoms with E-state index >= 15 is 0 Å². The van der Waals surface area contributed by atoms with Crippen LogP contribution in [-0.2, 0) is 4.79 Å². The van der Waals surface area contributed by atoms with Crippen LogP contribution in [0.1, 0.15) is 5.56 Å². The summed E-state index contributed by atoms with van der Waals surface area (Å²) >= 11 is 9.40. The molecule has 5 nitrogen and oxygen atoms in total. The van der Waals surface area contributed by atoms with E-state index in [1.807, 2.05) is 0 Å². The minimum atomic E-state index is -0.479. The number of nitro groups is 1. The molecule has 1 aromatic carbocycles. The Labute approximate surface area is 126 Å². The monoisotopic (exact) mass is 358 g/mol. The summed E-state index contributed by atoms with van der Waals surface area (Å²) in [5.74, 6) is -0.197. The summed E-state index contributed by atoms with van der Waals surface area (Å²) in [4.78, 5) is 24.0. The number of carbonyl (C=O) groups excluding carboxylic acids is 1. The van der Waals surface area contributed by atoms with Crippen LogP contribution in [0.2, 0.25) is 0 Å². The zero-order chi connectivity index (χ0) is 14.2. The molecule has 0 N–H and O–H groups in total. The number of nitro benzene ring substituents is 1. The van der Waals surface area contributed by atoms with Crippen LogP contribution in [0.25, 0.3) is 6.08 Å². The second kappa shape index (κ2) is 5.40. The Morgan fingerprint density at radius 1 is 1.47 bits per heavy atom. The number of nitrogens with zero attached hydrogens (tertiary/aromatic N) is 2. The van der Waals surface area contributed by atoms with Gasteiger partial charge in [0.1, 0.15) is 4.32 Å². The van der Waals surface area contributed by atoms with Gasteiger partial charge in [0.2, 0.25) is 0 Å². The van der Waals surface area contributed by atoms with E-state index in [0.717, 1.165) is 0 Å². The molecular formula is C11H7BrN2O3S2. The first-order valence-electron chi connectivity index (χ1n) is 5.05. The Morgan fingerprint density at radius 2 is 2.16 bits per heavy atom. The first-order chi connectivity index (χ1) is 8.88. The summed E-state index contributed by atoms with van der Waals surface area (Å²) in [6, 6.07) is 4.52. The third kappa shape index (κ3) is 3.02. The number of halogens is 1. The quantitative estimate of drug-likeness (QED) is 0.351. The topological polar surface area (TPSA) is 63.5 Å². The van der Waals surface area contributed by atoms with Gasteiger partial charge < -0.3 is 0 Å². The van der Waals surface area contributed by atoms with Crippen LogP contribution in [0.15, 0.2) is 27.6 Å². The van der Waals surface area contributed by atoms with Crippen LogP contribution in [0.3, 0.4) is 0 Å². The molecule has 0 spiro atoms. The van der Waals surface area contributed by atoms with Gasteiger partial charge in [-0.15, -0.1) is 0 Å². The van der Waals surface area contributed by atoms with E-state index in [4.69, 9.17) is 12.2 Å². The minimum Gasteiger partial charge on any atom is -0.296 e. The zero-order valence-corrected chi connectivity index (χ0v) is 12.8. The van der Waals surface area contributed by atoms with Crippen molar-refractivity contribution < 1.29 is 9.72 Å². The van der Waals surface area contributed by atoms with Gasteiger partial charge in [0.25, 0.3) is 11.6 Å². The largest absolute Gasteiger partial charge is 0.296 e. The van der Waals surface area contributed by atoms with E-state index in [2.05, 4.69) is 15.9 Å². The second-order valence-corrected chi connectivity index (χ2v) is 6.33. The minimum absolute atomic E-state index is 0.0346. The lowest BCUT2D eigenvalue weighted by atomic mass is 10.2. The highest BCUT2D eigenvalue weighted by Gasteiger charge is 2.28. The van der Waals surface area contributed by atoms with Crippen LogP contribution in [-0.4, -0.2) is 27.1 Å². The molecule has 0 bridgehead atoms. The van der Waals surface area contributed by atoms with E-state index in [1.165, 1.54) is 28.8 Å². The van der Waals surface area contributed by atoms with Gasteiger partial charge in [-0.2, -0.15) is 0 Å². The highest BCUT2D eigenvalue weighted by atomic mass is 79.9. The highest BCUT2D eigenvalue weighted by molar-refractivity contribution is 9.10. The third-order valence-electron chi connectivity index (χ3n) is 2.40. The molecule has 1 saturated heterocycles. The van der Waals surface area contributed by atoms with Gasteiger partial charge in [-0.1, -0.05) is 39.9 Å². The lowest BCUT2D eigenvalue weighted by molar-refractivity contribution is -0.384. The van der Waals surface area contributed by atoms with Crippen molar-refractivity contribution in [3.8, 4) is 0 Å². The number of amides is 1. The van der Waals surface area contributed by atoms with Gasteiger partial charge in [-0.05, 0) is 17.7 Å². The molecule has 0 aliphatic carbocycles. The fraction of sp³-hybridized carbons (Fsp3) is 0.0909. The van der Waals surface area contributed by atoms with Gasteiger partial charge in [0, 0.05) is 23.7 Å². The number of thiocarbonyl (C=S) groups is 1. The molecule has 1 fully saturated rings. The number of non-ortho nitro benzene ring substituents is 1.